The van der Waals surface area contributed by atoms with E-state index in [2.05, 4.69) is 43.5 Å². The third kappa shape index (κ3) is 4.10. The summed E-state index contributed by atoms with van der Waals surface area (Å²) in [6, 6.07) is 1.45. The Morgan fingerprint density at radius 3 is 2.37 bits per heavy atom. The van der Waals surface area contributed by atoms with Crippen LogP contribution in [-0.2, 0) is 4.18 Å². The molecule has 1 aliphatic carbocycles. The van der Waals surface area contributed by atoms with Crippen molar-refractivity contribution in [1.82, 2.24) is 9.80 Å². The minimum Gasteiger partial charge on any atom is -0.315 e. The van der Waals surface area contributed by atoms with E-state index in [9.17, 15) is 0 Å². The van der Waals surface area contributed by atoms with Gasteiger partial charge >= 0.3 is 0 Å². The molecule has 0 aromatic heterocycles. The summed E-state index contributed by atoms with van der Waals surface area (Å²) in [4.78, 5) is 5.28. The summed E-state index contributed by atoms with van der Waals surface area (Å²) in [7, 11) is 0. The molecule has 1 aliphatic heterocycles. The number of piperidine rings is 1. The molecule has 112 valence electrons. The molecule has 2 rings (SSSR count). The lowest BCUT2D eigenvalue weighted by atomic mass is 9.86. The lowest BCUT2D eigenvalue weighted by molar-refractivity contribution is 0.0167. The summed E-state index contributed by atoms with van der Waals surface area (Å²) in [5.41, 5.74) is 0. The molecule has 1 heterocycles. The smallest absolute Gasteiger partial charge is 0.0748 e. The number of likely N-dealkylation sites (tertiary alicyclic amines) is 1. The van der Waals surface area contributed by atoms with Crippen molar-refractivity contribution < 1.29 is 4.18 Å². The third-order valence-corrected chi connectivity index (χ3v) is 5.31. The van der Waals surface area contributed by atoms with Gasteiger partial charge in [-0.2, -0.15) is 0 Å². The second kappa shape index (κ2) is 7.30. The Bertz CT molecular complexity index is 261. The number of hydrogen-bond donors (Lipinski definition) is 1. The summed E-state index contributed by atoms with van der Waals surface area (Å²) in [5.74, 6) is 0.894. The largest absolute Gasteiger partial charge is 0.315 e. The van der Waals surface area contributed by atoms with Crippen LogP contribution >= 0.6 is 12.9 Å². The monoisotopic (exact) mass is 286 g/mol. The van der Waals surface area contributed by atoms with Crippen molar-refractivity contribution in [1.29, 1.82) is 0 Å². The van der Waals surface area contributed by atoms with Crippen molar-refractivity contribution in [3.8, 4) is 0 Å². The van der Waals surface area contributed by atoms with Crippen LogP contribution in [-0.4, -0.2) is 54.2 Å². The Labute approximate surface area is 124 Å². The van der Waals surface area contributed by atoms with Gasteiger partial charge in [0.2, 0.25) is 0 Å². The Morgan fingerprint density at radius 2 is 1.89 bits per heavy atom. The minimum atomic E-state index is 0.394. The summed E-state index contributed by atoms with van der Waals surface area (Å²) < 4.78 is 5.10. The standard InChI is InChI=1S/C15H30N2OS/c1-4-16(14-9-15(10-14)18-19)11-13-5-7-17(8-6-13)12(2)3/h12-15,19H,4-11H2,1-3H3. The van der Waals surface area contributed by atoms with E-state index in [1.165, 1.54) is 51.9 Å². The number of nitrogens with zero attached hydrogens (tertiary/aromatic N) is 2. The first kappa shape index (κ1) is 15.6. The molecule has 0 radical (unpaired) electrons. The van der Waals surface area contributed by atoms with Crippen LogP contribution in [0.1, 0.15) is 46.5 Å². The van der Waals surface area contributed by atoms with Gasteiger partial charge in [0.05, 0.1) is 6.10 Å². The highest BCUT2D eigenvalue weighted by atomic mass is 32.1. The van der Waals surface area contributed by atoms with Crippen molar-refractivity contribution in [3.63, 3.8) is 0 Å². The Hall–Kier alpha value is 0.230. The molecule has 4 heteroatoms. The van der Waals surface area contributed by atoms with Gasteiger partial charge in [-0.1, -0.05) is 6.92 Å². The van der Waals surface area contributed by atoms with Crippen LogP contribution in [0.2, 0.25) is 0 Å². The van der Waals surface area contributed by atoms with Crippen LogP contribution in [0.4, 0.5) is 0 Å². The fourth-order valence-electron chi connectivity index (χ4n) is 3.44. The molecule has 0 bridgehead atoms. The van der Waals surface area contributed by atoms with Crippen molar-refractivity contribution in [2.24, 2.45) is 5.92 Å². The zero-order chi connectivity index (χ0) is 13.8. The highest BCUT2D eigenvalue weighted by molar-refractivity contribution is 7.75. The summed E-state index contributed by atoms with van der Waals surface area (Å²) >= 11 is 3.92. The Balaban J connectivity index is 1.71. The van der Waals surface area contributed by atoms with Crippen LogP contribution < -0.4 is 0 Å². The van der Waals surface area contributed by atoms with E-state index in [0.717, 1.165) is 12.0 Å². The van der Waals surface area contributed by atoms with E-state index >= 15 is 0 Å². The van der Waals surface area contributed by atoms with Crippen LogP contribution in [0.15, 0.2) is 0 Å². The highest BCUT2D eigenvalue weighted by Gasteiger charge is 2.34. The van der Waals surface area contributed by atoms with Crippen molar-refractivity contribution in [2.75, 3.05) is 26.2 Å². The molecule has 0 unspecified atom stereocenters. The predicted octanol–water partition coefficient (Wildman–Crippen LogP) is 2.82. The quantitative estimate of drug-likeness (QED) is 0.597. The second-order valence-corrected chi connectivity index (χ2v) is 6.72. The van der Waals surface area contributed by atoms with Crippen molar-refractivity contribution in [2.45, 2.75) is 64.6 Å². The predicted molar refractivity (Wildman–Crippen MR) is 83.6 cm³/mol. The molecule has 0 amide bonds. The minimum absolute atomic E-state index is 0.394. The number of rotatable bonds is 6. The molecule has 0 aromatic rings. The molecule has 2 fully saturated rings. The molecule has 0 atom stereocenters. The maximum absolute atomic E-state index is 5.10. The van der Waals surface area contributed by atoms with Gasteiger partial charge < -0.3 is 14.0 Å². The van der Waals surface area contributed by atoms with Crippen LogP contribution in [0.5, 0.6) is 0 Å². The van der Waals surface area contributed by atoms with Gasteiger partial charge in [0, 0.05) is 18.6 Å². The molecule has 3 nitrogen and oxygen atoms in total. The molecule has 0 N–H and O–H groups in total. The average molecular weight is 286 g/mol. The number of hydrogen-bond acceptors (Lipinski definition) is 4. The van der Waals surface area contributed by atoms with Crippen LogP contribution in [0, 0.1) is 5.92 Å². The van der Waals surface area contributed by atoms with E-state index in [4.69, 9.17) is 4.18 Å². The van der Waals surface area contributed by atoms with Crippen LogP contribution in [0.25, 0.3) is 0 Å². The summed E-state index contributed by atoms with van der Waals surface area (Å²) in [6.45, 7) is 11.9. The van der Waals surface area contributed by atoms with E-state index in [-0.39, 0.29) is 0 Å². The maximum Gasteiger partial charge on any atom is 0.0748 e. The first-order chi connectivity index (χ1) is 9.13. The summed E-state index contributed by atoms with van der Waals surface area (Å²) in [6.07, 6.45) is 5.47. The Kier molecular flexibility index (Phi) is 6.00. The average Bonchev–Trinajstić information content (AvgIpc) is 2.36. The van der Waals surface area contributed by atoms with Gasteiger partial charge in [-0.05, 0) is 78.0 Å². The first-order valence-corrected chi connectivity index (χ1v) is 8.28. The van der Waals surface area contributed by atoms with E-state index < -0.39 is 0 Å². The normalized spacial score (nSPS) is 30.0. The van der Waals surface area contributed by atoms with Gasteiger partial charge in [-0.3, -0.25) is 0 Å². The van der Waals surface area contributed by atoms with Gasteiger partial charge in [0.15, 0.2) is 0 Å². The molecule has 0 spiro atoms. The molecular formula is C15H30N2OS. The molecule has 2 aliphatic rings. The lowest BCUT2D eigenvalue weighted by Gasteiger charge is -2.44. The van der Waals surface area contributed by atoms with Gasteiger partial charge in [-0.15, -0.1) is 0 Å². The Morgan fingerprint density at radius 1 is 1.26 bits per heavy atom. The van der Waals surface area contributed by atoms with E-state index in [1.54, 1.807) is 0 Å². The molecule has 1 saturated carbocycles. The van der Waals surface area contributed by atoms with Gasteiger partial charge in [-0.25, -0.2) is 0 Å². The zero-order valence-corrected chi connectivity index (χ0v) is 13.6. The van der Waals surface area contributed by atoms with Gasteiger partial charge in [0.25, 0.3) is 0 Å². The van der Waals surface area contributed by atoms with Crippen molar-refractivity contribution in [3.05, 3.63) is 0 Å². The van der Waals surface area contributed by atoms with E-state index in [0.29, 0.717) is 12.1 Å². The topological polar surface area (TPSA) is 15.7 Å². The fraction of sp³-hybridized carbons (Fsp3) is 1.00. The van der Waals surface area contributed by atoms with Gasteiger partial charge in [0.1, 0.15) is 0 Å². The molecule has 0 aromatic carbocycles. The lowest BCUT2D eigenvalue weighted by Crippen LogP contribution is -2.50. The SMILES string of the molecule is CCN(CC1CCN(C(C)C)CC1)C1CC(OS)C1. The second-order valence-electron chi connectivity index (χ2n) is 6.51. The molecular weight excluding hydrogens is 256 g/mol. The maximum atomic E-state index is 5.10. The first-order valence-electron chi connectivity index (χ1n) is 7.92. The zero-order valence-electron chi connectivity index (χ0n) is 12.7. The van der Waals surface area contributed by atoms with Crippen LogP contribution in [0.3, 0.4) is 0 Å². The number of thiol groups is 1. The molecule has 1 saturated heterocycles. The van der Waals surface area contributed by atoms with Crippen molar-refractivity contribution >= 4 is 12.9 Å². The fourth-order valence-corrected chi connectivity index (χ4v) is 3.61. The third-order valence-electron chi connectivity index (χ3n) is 5.01. The molecule has 19 heavy (non-hydrogen) atoms. The summed E-state index contributed by atoms with van der Waals surface area (Å²) in [5, 5.41) is 0. The van der Waals surface area contributed by atoms with E-state index in [1.807, 2.05) is 0 Å². The highest BCUT2D eigenvalue weighted by Crippen LogP contribution is 2.30.